The van der Waals surface area contributed by atoms with Crippen LogP contribution in [0.4, 0.5) is 0 Å². The molecule has 1 aliphatic carbocycles. The lowest BCUT2D eigenvalue weighted by atomic mass is 9.81. The third-order valence-corrected chi connectivity index (χ3v) is 9.80. The zero-order valence-corrected chi connectivity index (χ0v) is 29.5. The Bertz CT molecular complexity index is 1340. The Morgan fingerprint density at radius 3 is 2.04 bits per heavy atom. The Morgan fingerprint density at radius 2 is 1.43 bits per heavy atom. The van der Waals surface area contributed by atoms with Crippen LogP contribution >= 0.6 is 0 Å². The lowest BCUT2D eigenvalue weighted by molar-refractivity contribution is -0.133. The number of hydrogen-bond donors (Lipinski definition) is 0. The Hall–Kier alpha value is -3.55. The average Bonchev–Trinajstić information content (AvgIpc) is 3.08. The van der Waals surface area contributed by atoms with Gasteiger partial charge in [-0.25, -0.2) is 0 Å². The lowest BCUT2D eigenvalue weighted by Crippen LogP contribution is -2.45. The van der Waals surface area contributed by atoms with Gasteiger partial charge in [0, 0.05) is 51.0 Å². The molecule has 0 N–H and O–H groups in total. The number of nitrogens with zero attached hydrogens (tertiary/aromatic N) is 2. The van der Waals surface area contributed by atoms with Crippen molar-refractivity contribution in [3.05, 3.63) is 52.6 Å². The molecule has 0 bridgehead atoms. The molecule has 0 fully saturated rings. The van der Waals surface area contributed by atoms with Crippen molar-refractivity contribution in [3.8, 4) is 17.2 Å². The van der Waals surface area contributed by atoms with Crippen LogP contribution in [0.3, 0.4) is 0 Å². The minimum atomic E-state index is -0.945. The molecule has 2 aromatic rings. The summed E-state index contributed by atoms with van der Waals surface area (Å²) in [6.45, 7) is 13.5. The number of ether oxygens (including phenoxy) is 3. The zero-order valence-electron chi connectivity index (χ0n) is 29.5. The summed E-state index contributed by atoms with van der Waals surface area (Å²) in [4.78, 5) is 43.6. The van der Waals surface area contributed by atoms with E-state index in [1.165, 1.54) is 24.0 Å². The molecule has 0 saturated carbocycles. The van der Waals surface area contributed by atoms with Gasteiger partial charge in [0.1, 0.15) is 22.8 Å². The number of fused-ring (bicyclic) bond motifs is 2. The van der Waals surface area contributed by atoms with Gasteiger partial charge in [0.25, 0.3) is 0 Å². The lowest BCUT2D eigenvalue weighted by Gasteiger charge is -2.40. The maximum Gasteiger partial charge on any atom is 0.222 e. The highest BCUT2D eigenvalue weighted by Crippen LogP contribution is 2.44. The van der Waals surface area contributed by atoms with E-state index in [0.717, 1.165) is 37.0 Å². The largest absolute Gasteiger partial charge is 0.493 e. The number of benzene rings is 2. The SMILES string of the molecule is CCCc1c(OCCCOc2cccc3c2CCCC3)ccc2c1OC(CCC(=O)N(CC)CC)(CCC(=O)N(CC)CC)CC2=O. The van der Waals surface area contributed by atoms with Crippen molar-refractivity contribution >= 4 is 17.6 Å². The Balaban J connectivity index is 1.51. The fourth-order valence-corrected chi connectivity index (χ4v) is 7.06. The highest BCUT2D eigenvalue weighted by molar-refractivity contribution is 6.01. The highest BCUT2D eigenvalue weighted by atomic mass is 16.5. The summed E-state index contributed by atoms with van der Waals surface area (Å²) in [5, 5.41) is 0. The molecule has 0 unspecified atom stereocenters. The number of carbonyl (C=O) groups is 3. The molecule has 0 radical (unpaired) electrons. The van der Waals surface area contributed by atoms with E-state index in [0.29, 0.717) is 75.7 Å². The number of hydrogen-bond acceptors (Lipinski definition) is 6. The summed E-state index contributed by atoms with van der Waals surface area (Å²) in [6.07, 6.45) is 8.30. The van der Waals surface area contributed by atoms with E-state index in [1.807, 2.05) is 39.8 Å². The monoisotopic (exact) mass is 648 g/mol. The number of amides is 2. The average molecular weight is 649 g/mol. The van der Waals surface area contributed by atoms with Gasteiger partial charge in [0.05, 0.1) is 25.2 Å². The van der Waals surface area contributed by atoms with Crippen LogP contribution in [-0.4, -0.2) is 72.4 Å². The predicted molar refractivity (Wildman–Crippen MR) is 186 cm³/mol. The molecular formula is C39H56N2O6. The summed E-state index contributed by atoms with van der Waals surface area (Å²) in [7, 11) is 0. The highest BCUT2D eigenvalue weighted by Gasteiger charge is 2.42. The van der Waals surface area contributed by atoms with Crippen molar-refractivity contribution in [1.82, 2.24) is 9.80 Å². The molecule has 0 aromatic heterocycles. The number of ketones is 1. The molecule has 0 spiro atoms. The standard InChI is InChI=1S/C39H56N2O6/c1-6-15-32-35(46-27-14-26-45-34-19-13-17-29-16-11-12-18-30(29)34)21-20-31-33(42)28-39(47-38(31)32,24-22-36(43)40(7-2)8-3)25-23-37(44)41(9-4)10-5/h13,17,19-21H,6-12,14-16,18,22-28H2,1-5H3. The Kier molecular flexibility index (Phi) is 13.6. The van der Waals surface area contributed by atoms with Crippen molar-refractivity contribution in [2.45, 2.75) is 117 Å². The smallest absolute Gasteiger partial charge is 0.222 e. The minimum absolute atomic E-state index is 0.0136. The van der Waals surface area contributed by atoms with Crippen molar-refractivity contribution < 1.29 is 28.6 Å². The maximum atomic E-state index is 13.8. The molecular weight excluding hydrogens is 592 g/mol. The normalized spacial score (nSPS) is 14.9. The first kappa shape index (κ1) is 36.3. The van der Waals surface area contributed by atoms with Crippen molar-refractivity contribution in [2.24, 2.45) is 0 Å². The van der Waals surface area contributed by atoms with Crippen LogP contribution in [0.25, 0.3) is 0 Å². The Labute approximate surface area is 282 Å². The predicted octanol–water partition coefficient (Wildman–Crippen LogP) is 7.37. The second kappa shape index (κ2) is 17.6. The molecule has 0 saturated heterocycles. The van der Waals surface area contributed by atoms with Gasteiger partial charge in [-0.3, -0.25) is 14.4 Å². The van der Waals surface area contributed by atoms with Crippen LogP contribution in [0.2, 0.25) is 0 Å². The summed E-state index contributed by atoms with van der Waals surface area (Å²) < 4.78 is 19.4. The van der Waals surface area contributed by atoms with E-state index >= 15 is 0 Å². The van der Waals surface area contributed by atoms with Gasteiger partial charge >= 0.3 is 0 Å². The number of aryl methyl sites for hydroxylation is 1. The first-order valence-electron chi connectivity index (χ1n) is 18.1. The fourth-order valence-electron chi connectivity index (χ4n) is 7.06. The molecule has 4 rings (SSSR count). The van der Waals surface area contributed by atoms with Gasteiger partial charge in [-0.05, 0) is 102 Å². The molecule has 8 nitrogen and oxygen atoms in total. The van der Waals surface area contributed by atoms with E-state index < -0.39 is 5.60 Å². The van der Waals surface area contributed by atoms with Crippen LogP contribution in [0.15, 0.2) is 30.3 Å². The topological polar surface area (TPSA) is 85.4 Å². The van der Waals surface area contributed by atoms with Gasteiger partial charge in [-0.1, -0.05) is 25.5 Å². The molecule has 1 aliphatic heterocycles. The third kappa shape index (κ3) is 9.08. The van der Waals surface area contributed by atoms with Gasteiger partial charge < -0.3 is 24.0 Å². The van der Waals surface area contributed by atoms with Crippen LogP contribution in [0.5, 0.6) is 17.2 Å². The van der Waals surface area contributed by atoms with Gasteiger partial charge in [0.15, 0.2) is 5.78 Å². The number of Topliss-reactive ketones (excluding diaryl/α,β-unsaturated/α-hetero) is 1. The quantitative estimate of drug-likeness (QED) is 0.157. The summed E-state index contributed by atoms with van der Waals surface area (Å²) >= 11 is 0. The minimum Gasteiger partial charge on any atom is -0.493 e. The van der Waals surface area contributed by atoms with Crippen molar-refractivity contribution in [1.29, 1.82) is 0 Å². The first-order valence-corrected chi connectivity index (χ1v) is 18.1. The van der Waals surface area contributed by atoms with Crippen LogP contribution in [0, 0.1) is 0 Å². The zero-order chi connectivity index (χ0) is 33.8. The number of rotatable bonds is 18. The van der Waals surface area contributed by atoms with Crippen LogP contribution < -0.4 is 14.2 Å². The maximum absolute atomic E-state index is 13.8. The summed E-state index contributed by atoms with van der Waals surface area (Å²) in [5.41, 5.74) is 3.25. The molecule has 258 valence electrons. The fraction of sp³-hybridized carbons (Fsp3) is 0.615. The number of carbonyl (C=O) groups excluding carboxylic acids is 3. The second-order valence-corrected chi connectivity index (χ2v) is 12.8. The molecule has 2 aromatic carbocycles. The summed E-state index contributed by atoms with van der Waals surface area (Å²) in [5.74, 6) is 2.32. The van der Waals surface area contributed by atoms with Gasteiger partial charge in [-0.2, -0.15) is 0 Å². The van der Waals surface area contributed by atoms with E-state index in [2.05, 4.69) is 25.1 Å². The third-order valence-electron chi connectivity index (χ3n) is 9.80. The van der Waals surface area contributed by atoms with Gasteiger partial charge in [-0.15, -0.1) is 0 Å². The Morgan fingerprint density at radius 1 is 0.809 bits per heavy atom. The molecule has 1 heterocycles. The van der Waals surface area contributed by atoms with E-state index in [-0.39, 0.29) is 36.9 Å². The first-order chi connectivity index (χ1) is 22.8. The molecule has 2 aliphatic rings. The van der Waals surface area contributed by atoms with Crippen molar-refractivity contribution in [2.75, 3.05) is 39.4 Å². The molecule has 47 heavy (non-hydrogen) atoms. The van der Waals surface area contributed by atoms with Gasteiger partial charge in [0.2, 0.25) is 11.8 Å². The second-order valence-electron chi connectivity index (χ2n) is 12.8. The van der Waals surface area contributed by atoms with Crippen molar-refractivity contribution in [3.63, 3.8) is 0 Å². The molecule has 2 amide bonds. The van der Waals surface area contributed by atoms with E-state index in [9.17, 15) is 14.4 Å². The molecule has 0 atom stereocenters. The van der Waals surface area contributed by atoms with E-state index in [1.54, 1.807) is 9.80 Å². The van der Waals surface area contributed by atoms with Crippen LogP contribution in [-0.2, 0) is 28.9 Å². The van der Waals surface area contributed by atoms with Crippen LogP contribution in [0.1, 0.15) is 119 Å². The van der Waals surface area contributed by atoms with E-state index in [4.69, 9.17) is 14.2 Å². The molecule has 8 heteroatoms. The summed E-state index contributed by atoms with van der Waals surface area (Å²) in [6, 6.07) is 10.1.